The van der Waals surface area contributed by atoms with E-state index in [4.69, 9.17) is 8.83 Å². The van der Waals surface area contributed by atoms with E-state index >= 15 is 0 Å². The Morgan fingerprint density at radius 1 is 0.322 bits per heavy atom. The van der Waals surface area contributed by atoms with E-state index in [1.807, 2.05) is 6.26 Å². The molecular formula is C56H33NO2. The third-order valence-electron chi connectivity index (χ3n) is 12.4. The number of hydrogen-bond acceptors (Lipinski definition) is 2. The number of rotatable bonds is 4. The van der Waals surface area contributed by atoms with Crippen molar-refractivity contribution in [3.8, 4) is 39.1 Å². The van der Waals surface area contributed by atoms with Gasteiger partial charge in [-0.05, 0) is 121 Å². The van der Waals surface area contributed by atoms with Crippen molar-refractivity contribution < 1.29 is 8.83 Å². The standard InChI is InChI=1S/C56H33NO2/c1-2-14-39(15-3-1)57-50-21-11-10-16-40(50)46-29-37(25-27-51(46)57)55-42-17-6-8-19-44(42)56(45-20-9-7-18-43(45)55)38-24-26-41-47-31-52-48(32-54(47)59-53(41)30-38)49(33-58-52)36-23-22-34-12-4-5-13-35(34)28-36/h1-33H. The Labute approximate surface area is 338 Å². The van der Waals surface area contributed by atoms with E-state index in [0.717, 1.165) is 55.3 Å². The van der Waals surface area contributed by atoms with Gasteiger partial charge < -0.3 is 13.4 Å². The van der Waals surface area contributed by atoms with Gasteiger partial charge in [0.25, 0.3) is 0 Å². The predicted octanol–water partition coefficient (Wildman–Crippen LogP) is 15.9. The van der Waals surface area contributed by atoms with Crippen LogP contribution in [0.3, 0.4) is 0 Å². The van der Waals surface area contributed by atoms with Gasteiger partial charge in [-0.1, -0.05) is 133 Å². The average molecular weight is 752 g/mol. The maximum Gasteiger partial charge on any atom is 0.136 e. The SMILES string of the molecule is c1ccc(-n2c3ccccc3c3cc(-c4c5ccccc5c(-c5ccc6c(c5)oc5cc7c(-c8ccc9ccccc9c8)coc7cc56)c5ccccc45)ccc32)cc1. The van der Waals surface area contributed by atoms with Crippen LogP contribution in [0.25, 0.3) is 126 Å². The molecule has 0 bridgehead atoms. The van der Waals surface area contributed by atoms with Gasteiger partial charge in [0.2, 0.25) is 0 Å². The zero-order chi connectivity index (χ0) is 38.6. The second kappa shape index (κ2) is 12.3. The molecule has 0 saturated carbocycles. The Morgan fingerprint density at radius 2 is 0.898 bits per heavy atom. The summed E-state index contributed by atoms with van der Waals surface area (Å²) in [6.07, 6.45) is 1.87. The van der Waals surface area contributed by atoms with Crippen LogP contribution in [0, 0.1) is 0 Å². The van der Waals surface area contributed by atoms with Crippen molar-refractivity contribution in [3.63, 3.8) is 0 Å². The maximum atomic E-state index is 6.74. The summed E-state index contributed by atoms with van der Waals surface area (Å²) in [7, 11) is 0. The van der Waals surface area contributed by atoms with Crippen LogP contribution >= 0.6 is 0 Å². The monoisotopic (exact) mass is 751 g/mol. The maximum absolute atomic E-state index is 6.74. The molecule has 0 saturated heterocycles. The predicted molar refractivity (Wildman–Crippen MR) is 247 cm³/mol. The minimum absolute atomic E-state index is 0.849. The quantitative estimate of drug-likeness (QED) is 0.168. The second-order valence-electron chi connectivity index (χ2n) is 15.6. The second-order valence-corrected chi connectivity index (χ2v) is 15.6. The van der Waals surface area contributed by atoms with Crippen LogP contribution in [-0.2, 0) is 0 Å². The number of nitrogens with zero attached hydrogens (tertiary/aromatic N) is 1. The normalized spacial score (nSPS) is 12.1. The van der Waals surface area contributed by atoms with Crippen molar-refractivity contribution in [1.82, 2.24) is 4.57 Å². The molecule has 59 heavy (non-hydrogen) atoms. The number of para-hydroxylation sites is 2. The summed E-state index contributed by atoms with van der Waals surface area (Å²) in [5.41, 5.74) is 13.1. The highest BCUT2D eigenvalue weighted by Gasteiger charge is 2.21. The van der Waals surface area contributed by atoms with Crippen LogP contribution in [0.1, 0.15) is 0 Å². The Morgan fingerprint density at radius 3 is 1.66 bits per heavy atom. The van der Waals surface area contributed by atoms with E-state index in [-0.39, 0.29) is 0 Å². The molecule has 0 radical (unpaired) electrons. The van der Waals surface area contributed by atoms with Gasteiger partial charge in [-0.25, -0.2) is 0 Å². The summed E-state index contributed by atoms with van der Waals surface area (Å²) in [6.45, 7) is 0. The van der Waals surface area contributed by atoms with E-state index < -0.39 is 0 Å². The van der Waals surface area contributed by atoms with Gasteiger partial charge >= 0.3 is 0 Å². The molecule has 0 aliphatic carbocycles. The van der Waals surface area contributed by atoms with Crippen LogP contribution in [0.4, 0.5) is 0 Å². The lowest BCUT2D eigenvalue weighted by Gasteiger charge is -2.18. The first-order valence-electron chi connectivity index (χ1n) is 20.1. The van der Waals surface area contributed by atoms with Gasteiger partial charge in [-0.3, -0.25) is 0 Å². The summed E-state index contributed by atoms with van der Waals surface area (Å²) in [5, 5.41) is 12.9. The fraction of sp³-hybridized carbons (Fsp3) is 0. The molecule has 0 N–H and O–H groups in total. The molecule has 0 atom stereocenters. The molecule has 13 aromatic rings. The lowest BCUT2D eigenvalue weighted by Crippen LogP contribution is -1.93. The van der Waals surface area contributed by atoms with Crippen molar-refractivity contribution in [2.24, 2.45) is 0 Å². The number of aromatic nitrogens is 1. The Hall–Kier alpha value is -7.88. The molecule has 0 unspecified atom stereocenters. The van der Waals surface area contributed by atoms with Crippen LogP contribution < -0.4 is 0 Å². The third-order valence-corrected chi connectivity index (χ3v) is 12.4. The van der Waals surface area contributed by atoms with Crippen molar-refractivity contribution >= 4 is 87.0 Å². The van der Waals surface area contributed by atoms with Gasteiger partial charge in [-0.2, -0.15) is 0 Å². The summed E-state index contributed by atoms with van der Waals surface area (Å²) in [5.74, 6) is 0. The third kappa shape index (κ3) is 4.76. The zero-order valence-corrected chi connectivity index (χ0v) is 31.8. The van der Waals surface area contributed by atoms with Gasteiger partial charge in [0, 0.05) is 38.2 Å². The lowest BCUT2D eigenvalue weighted by molar-refractivity contribution is 0.617. The fourth-order valence-electron chi connectivity index (χ4n) is 9.77. The number of benzene rings is 10. The summed E-state index contributed by atoms with van der Waals surface area (Å²) in [6, 6.07) is 70.1. The molecule has 274 valence electrons. The summed E-state index contributed by atoms with van der Waals surface area (Å²) >= 11 is 0. The highest BCUT2D eigenvalue weighted by atomic mass is 16.3. The Balaban J connectivity index is 0.988. The molecule has 3 heteroatoms. The average Bonchev–Trinajstić information content (AvgIpc) is 3.98. The summed E-state index contributed by atoms with van der Waals surface area (Å²) < 4.78 is 15.3. The Bertz CT molecular complexity index is 3790. The smallest absolute Gasteiger partial charge is 0.136 e. The van der Waals surface area contributed by atoms with E-state index in [1.54, 1.807) is 0 Å². The van der Waals surface area contributed by atoms with Crippen LogP contribution in [0.5, 0.6) is 0 Å². The van der Waals surface area contributed by atoms with E-state index in [1.165, 1.54) is 70.8 Å². The number of furan rings is 2. The largest absolute Gasteiger partial charge is 0.464 e. The van der Waals surface area contributed by atoms with Crippen LogP contribution in [-0.4, -0.2) is 4.57 Å². The highest BCUT2D eigenvalue weighted by Crippen LogP contribution is 2.46. The van der Waals surface area contributed by atoms with Crippen molar-refractivity contribution in [2.45, 2.75) is 0 Å². The first-order chi connectivity index (χ1) is 29.2. The van der Waals surface area contributed by atoms with Crippen LogP contribution in [0.2, 0.25) is 0 Å². The molecule has 0 spiro atoms. The topological polar surface area (TPSA) is 31.2 Å². The first kappa shape index (κ1) is 32.2. The van der Waals surface area contributed by atoms with E-state index in [9.17, 15) is 0 Å². The Kier molecular flexibility index (Phi) is 6.72. The van der Waals surface area contributed by atoms with E-state index in [0.29, 0.717) is 0 Å². The minimum atomic E-state index is 0.849. The molecule has 0 amide bonds. The lowest BCUT2D eigenvalue weighted by atomic mass is 9.85. The van der Waals surface area contributed by atoms with Gasteiger partial charge in [0.05, 0.1) is 17.3 Å². The van der Waals surface area contributed by atoms with Crippen molar-refractivity contribution in [3.05, 3.63) is 200 Å². The minimum Gasteiger partial charge on any atom is -0.464 e. The molecular weight excluding hydrogens is 719 g/mol. The molecule has 10 aromatic carbocycles. The van der Waals surface area contributed by atoms with Crippen LogP contribution in [0.15, 0.2) is 209 Å². The number of fused-ring (bicyclic) bond motifs is 10. The van der Waals surface area contributed by atoms with E-state index in [2.05, 4.69) is 199 Å². The van der Waals surface area contributed by atoms with Gasteiger partial charge in [0.15, 0.2) is 0 Å². The van der Waals surface area contributed by atoms with Gasteiger partial charge in [0.1, 0.15) is 16.7 Å². The molecule has 0 fully saturated rings. The summed E-state index contributed by atoms with van der Waals surface area (Å²) in [4.78, 5) is 0. The molecule has 3 heterocycles. The van der Waals surface area contributed by atoms with Crippen molar-refractivity contribution in [1.29, 1.82) is 0 Å². The zero-order valence-electron chi connectivity index (χ0n) is 31.8. The highest BCUT2D eigenvalue weighted by molar-refractivity contribution is 6.23. The molecule has 0 aliphatic heterocycles. The molecule has 0 aliphatic rings. The molecule has 3 aromatic heterocycles. The fourth-order valence-corrected chi connectivity index (χ4v) is 9.77. The molecule has 13 rings (SSSR count). The first-order valence-corrected chi connectivity index (χ1v) is 20.1. The number of hydrogen-bond donors (Lipinski definition) is 0. The van der Waals surface area contributed by atoms with Crippen molar-refractivity contribution in [2.75, 3.05) is 0 Å². The van der Waals surface area contributed by atoms with Gasteiger partial charge in [-0.15, -0.1) is 0 Å². The molecule has 3 nitrogen and oxygen atoms in total.